The molecule has 1 N–H and O–H groups in total. The minimum Gasteiger partial charge on any atom is -0.743 e. The first-order chi connectivity index (χ1) is 44.6. The summed E-state index contributed by atoms with van der Waals surface area (Å²) in [5.74, 6) is -1.27. The molecule has 530 valence electrons. The van der Waals surface area contributed by atoms with Crippen LogP contribution in [0.3, 0.4) is 0 Å². The van der Waals surface area contributed by atoms with Crippen molar-refractivity contribution in [2.75, 3.05) is 0 Å². The van der Waals surface area contributed by atoms with Gasteiger partial charge in [0, 0.05) is 31.2 Å². The lowest BCUT2D eigenvalue weighted by Crippen LogP contribution is -2.62. The van der Waals surface area contributed by atoms with Crippen LogP contribution in [0.5, 0.6) is 11.5 Å². The molecule has 5 atom stereocenters. The first-order valence-corrected chi connectivity index (χ1v) is 38.1. The van der Waals surface area contributed by atoms with E-state index in [1.54, 1.807) is 32.9 Å². The molecule has 0 saturated heterocycles. The minimum absolute atomic E-state index is 0.0376. The van der Waals surface area contributed by atoms with Crippen molar-refractivity contribution in [2.24, 2.45) is 28.1 Å². The van der Waals surface area contributed by atoms with Crippen molar-refractivity contribution in [3.8, 4) is 16.4 Å². The first-order valence-electron chi connectivity index (χ1n) is 33.3. The van der Waals surface area contributed by atoms with E-state index in [4.69, 9.17) is 14.2 Å². The number of aromatic hydroxyl groups is 1. The van der Waals surface area contributed by atoms with E-state index in [1.807, 2.05) is 53.7 Å². The van der Waals surface area contributed by atoms with Gasteiger partial charge in [0.2, 0.25) is 0 Å². The van der Waals surface area contributed by atoms with Crippen molar-refractivity contribution in [2.45, 2.75) is 239 Å². The van der Waals surface area contributed by atoms with Crippen LogP contribution in [0, 0.1) is 41.0 Å². The van der Waals surface area contributed by atoms with Crippen LogP contribution in [-0.4, -0.2) is 70.3 Å². The van der Waals surface area contributed by atoms with E-state index in [2.05, 4.69) is 169 Å². The summed E-state index contributed by atoms with van der Waals surface area (Å²) in [6, 6.07) is 37.7. The molecule has 5 unspecified atom stereocenters. The molecule has 4 bridgehead atoms. The summed E-state index contributed by atoms with van der Waals surface area (Å²) >= 11 is 4.45. The topological polar surface area (TPSA) is 166 Å². The van der Waals surface area contributed by atoms with Crippen molar-refractivity contribution < 1.29 is 77.8 Å². The molecule has 1 heterocycles. The van der Waals surface area contributed by atoms with Gasteiger partial charge in [-0.2, -0.15) is 22.0 Å². The maximum Gasteiger partial charge on any atom is 0.432 e. The maximum absolute atomic E-state index is 13.9. The van der Waals surface area contributed by atoms with E-state index in [0.29, 0.717) is 49.0 Å². The molecule has 0 radical (unpaired) electrons. The number of carbonyl (C=O) groups is 3. The van der Waals surface area contributed by atoms with Crippen LogP contribution < -0.4 is 4.74 Å². The Hall–Kier alpha value is -4.72. The minimum atomic E-state index is -6.78. The lowest BCUT2D eigenvalue weighted by Gasteiger charge is -2.60. The SMILES string of the molecule is CCC(C)(C)C(=O)OC1(C)CCCC1.CCC(C)(C)C(=O)OC12CC3CC(C1)CC(C(=O)OC(C(F)(F)F)C(F)(F)S(=O)(=O)[O-])(C3)C2.CCC(C)c1cc(I)cc(I)c1O.CCC(C)c1ccc(OC(C)(C)CC)c(F)c1.c1ccc(-[s+]2c3ccccc3c3ccccc32)cc1. The average Bonchev–Trinajstić information content (AvgIpc) is 0.890. The largest absolute Gasteiger partial charge is 0.743 e. The van der Waals surface area contributed by atoms with E-state index in [0.717, 1.165) is 53.2 Å². The molecule has 5 fully saturated rings. The fraction of sp³-hybridized carbons (Fsp3) is 0.560. The average molecular weight is 1610 g/mol. The quantitative estimate of drug-likeness (QED) is 0.0217. The van der Waals surface area contributed by atoms with Gasteiger partial charge in [0.15, 0.2) is 36.0 Å². The van der Waals surface area contributed by atoms with E-state index in [1.165, 1.54) is 41.5 Å². The number of phenols is 1. The fourth-order valence-electron chi connectivity index (χ4n) is 12.8. The van der Waals surface area contributed by atoms with Gasteiger partial charge in [-0.15, -0.1) is 0 Å². The zero-order valence-electron chi connectivity index (χ0n) is 57.8. The lowest BCUT2D eigenvalue weighted by atomic mass is 9.48. The van der Waals surface area contributed by atoms with Crippen LogP contribution in [-0.2, 0) is 38.7 Å². The predicted octanol–water partition coefficient (Wildman–Crippen LogP) is 22.0. The Morgan fingerprint density at radius 1 is 0.688 bits per heavy atom. The van der Waals surface area contributed by atoms with Crippen LogP contribution in [0.2, 0.25) is 0 Å². The van der Waals surface area contributed by atoms with Crippen molar-refractivity contribution in [3.05, 3.63) is 133 Å². The standard InChI is InChI=1S/C20H27F5O7S.C18H13S.C15H23FO.C12H22O2.C10H12I2O/c1-4-16(2,3)14(26)32-18-8-11-5-12(9-18)7-17(6-11,10-18)15(27)31-13(19(21,22)23)20(24,25)33(28,29)30;1-2-8-14(9-3-1)19-17-12-6-4-10-15(17)16-11-5-7-13-18(16)19;1-6-11(3)12-8-9-14(13(16)10-12)17-15(4,5)7-2;1-5-11(2,3)10(13)14-12(4)8-6-7-9-12;1-3-6(2)8-4-7(11)5-9(12)10(8)13/h11-13H,4-10H2,1-3H3,(H,28,29,30);1-13H;8-11H,6-7H2,1-5H3;5-9H2,1-4H3;4-6,13H,3H2,1-2H3/q;+1;;;/p-1. The van der Waals surface area contributed by atoms with E-state index >= 15 is 0 Å². The van der Waals surface area contributed by atoms with Crippen molar-refractivity contribution in [1.82, 2.24) is 0 Å². The van der Waals surface area contributed by atoms with Crippen LogP contribution in [0.1, 0.15) is 216 Å². The lowest BCUT2D eigenvalue weighted by molar-refractivity contribution is -0.270. The smallest absolute Gasteiger partial charge is 0.432 e. The van der Waals surface area contributed by atoms with Crippen molar-refractivity contribution in [1.29, 1.82) is 0 Å². The molecule has 96 heavy (non-hydrogen) atoms. The highest BCUT2D eigenvalue weighted by Crippen LogP contribution is 2.64. The Morgan fingerprint density at radius 2 is 1.19 bits per heavy atom. The zero-order chi connectivity index (χ0) is 71.8. The van der Waals surface area contributed by atoms with Gasteiger partial charge in [-0.1, -0.05) is 97.0 Å². The summed E-state index contributed by atoms with van der Waals surface area (Å²) in [6.07, 6.45) is -0.521. The molecule has 1 aromatic heterocycles. The summed E-state index contributed by atoms with van der Waals surface area (Å²) in [5.41, 5.74) is -2.36. The highest BCUT2D eigenvalue weighted by molar-refractivity contribution is 14.1. The predicted molar refractivity (Wildman–Crippen MR) is 385 cm³/mol. The van der Waals surface area contributed by atoms with E-state index < -0.39 is 56.0 Å². The van der Waals surface area contributed by atoms with Crippen LogP contribution in [0.4, 0.5) is 26.3 Å². The van der Waals surface area contributed by atoms with Crippen LogP contribution in [0.25, 0.3) is 25.1 Å². The number of alkyl halides is 5. The second kappa shape index (κ2) is 32.3. The number of fused-ring (bicyclic) bond motifs is 3. The summed E-state index contributed by atoms with van der Waals surface area (Å²) < 4.78 is 140. The number of hydrogen-bond acceptors (Lipinski definition) is 11. The van der Waals surface area contributed by atoms with Gasteiger partial charge in [-0.25, -0.2) is 12.8 Å². The number of esters is 3. The molecule has 6 aromatic rings. The third-order valence-electron chi connectivity index (χ3n) is 19.8. The molecule has 11 nitrogen and oxygen atoms in total. The third kappa shape index (κ3) is 19.6. The van der Waals surface area contributed by atoms with Crippen molar-refractivity contribution >= 4 is 104 Å². The Morgan fingerprint density at radius 3 is 1.66 bits per heavy atom. The molecular formula is C75H96F6I2O11S2. The molecule has 11 rings (SSSR count). The monoisotopic (exact) mass is 1600 g/mol. The Labute approximate surface area is 594 Å². The fourth-order valence-corrected chi connectivity index (χ4v) is 17.5. The normalized spacial score (nSPS) is 20.7. The summed E-state index contributed by atoms with van der Waals surface area (Å²) in [7, 11) is -6.72. The molecule has 21 heteroatoms. The number of ether oxygens (including phenoxy) is 4. The maximum atomic E-state index is 13.9. The Bertz CT molecular complexity index is 3680. The van der Waals surface area contributed by atoms with E-state index in [9.17, 15) is 58.8 Å². The van der Waals surface area contributed by atoms with E-state index in [-0.39, 0.29) is 70.0 Å². The summed E-state index contributed by atoms with van der Waals surface area (Å²) in [4.78, 5) is 38.9. The molecule has 5 aromatic carbocycles. The van der Waals surface area contributed by atoms with Gasteiger partial charge in [-0.05, 0) is 279 Å². The second-order valence-electron chi connectivity index (χ2n) is 28.6. The molecular weight excluding hydrogens is 1510 g/mol. The van der Waals surface area contributed by atoms with Gasteiger partial charge in [-0.3, -0.25) is 14.4 Å². The number of phenolic OH excluding ortho intramolecular Hbond substituents is 1. The van der Waals surface area contributed by atoms with Crippen LogP contribution in [0.15, 0.2) is 109 Å². The molecule has 5 aliphatic rings. The van der Waals surface area contributed by atoms with Gasteiger partial charge in [0.1, 0.15) is 22.6 Å². The van der Waals surface area contributed by atoms with Gasteiger partial charge < -0.3 is 28.6 Å². The van der Waals surface area contributed by atoms with Gasteiger partial charge >= 0.3 is 29.3 Å². The second-order valence-corrected chi connectivity index (χ2v) is 34.5. The highest BCUT2D eigenvalue weighted by atomic mass is 127. The molecule has 5 saturated carbocycles. The first kappa shape index (κ1) is 80.3. The highest BCUT2D eigenvalue weighted by Gasteiger charge is 2.67. The van der Waals surface area contributed by atoms with Gasteiger partial charge in [0.05, 0.1) is 19.8 Å². The third-order valence-corrected chi connectivity index (χ3v) is 24.5. The van der Waals surface area contributed by atoms with Crippen molar-refractivity contribution in [3.63, 3.8) is 0 Å². The molecule has 0 aliphatic heterocycles. The Balaban J connectivity index is 0.000000200. The number of halogens is 8. The zero-order valence-corrected chi connectivity index (χ0v) is 63.7. The molecule has 0 amide bonds. The van der Waals surface area contributed by atoms with Gasteiger partial charge in [0.25, 0.3) is 6.10 Å². The Kier molecular flexibility index (Phi) is 27.0. The number of thiophene rings is 1. The number of carbonyl (C=O) groups excluding carboxylic acids is 3. The summed E-state index contributed by atoms with van der Waals surface area (Å²) in [6.45, 7) is 27.6. The number of benzene rings is 5. The molecule has 5 aliphatic carbocycles. The summed E-state index contributed by atoms with van der Waals surface area (Å²) in [5, 5.41) is 6.70. The van der Waals surface area contributed by atoms with Crippen LogP contribution >= 0.6 is 55.7 Å². The number of rotatable bonds is 18. The molecule has 0 spiro atoms. The number of hydrogen-bond donors (Lipinski definition) is 1.